The molecule has 0 amide bonds. The van der Waals surface area contributed by atoms with E-state index in [-0.39, 0.29) is 24.3 Å². The molecular formula is C31H3F20LiO6. The van der Waals surface area contributed by atoms with Crippen molar-refractivity contribution in [2.24, 2.45) is 0 Å². The summed E-state index contributed by atoms with van der Waals surface area (Å²) in [4.78, 5) is 12.3. The molecule has 5 aromatic rings. The largest absolute Gasteiger partial charge is 1.00 e. The van der Waals surface area contributed by atoms with E-state index < -0.39 is 180 Å². The minimum atomic E-state index is -3.17. The van der Waals surface area contributed by atoms with Gasteiger partial charge in [-0.1, -0.05) is 0 Å². The number of hydrogen-bond donors (Lipinski definition) is 0. The van der Waals surface area contributed by atoms with Gasteiger partial charge in [-0.2, -0.15) is 26.3 Å². The number of carboxylic acids is 1. The van der Waals surface area contributed by atoms with E-state index >= 15 is 8.78 Å². The number of ether oxygens (including phenoxy) is 3. The third-order valence-electron chi connectivity index (χ3n) is 7.01. The zero-order chi connectivity index (χ0) is 42.1. The normalized spacial score (nSPS) is 11.0. The van der Waals surface area contributed by atoms with Crippen LogP contribution in [0.4, 0.5) is 87.8 Å². The molecule has 0 saturated heterocycles. The fourth-order valence-corrected chi connectivity index (χ4v) is 4.46. The third-order valence-corrected chi connectivity index (χ3v) is 7.01. The first-order chi connectivity index (χ1) is 26.0. The maximum atomic E-state index is 15.2. The van der Waals surface area contributed by atoms with Crippen molar-refractivity contribution in [3.8, 4) is 45.6 Å². The summed E-state index contributed by atoms with van der Waals surface area (Å²) in [5.41, 5.74) is -7.70. The van der Waals surface area contributed by atoms with Gasteiger partial charge in [0.1, 0.15) is 0 Å². The first kappa shape index (κ1) is 46.5. The summed E-state index contributed by atoms with van der Waals surface area (Å²) in [6.07, 6.45) is 0. The van der Waals surface area contributed by atoms with Crippen molar-refractivity contribution in [3.63, 3.8) is 0 Å². The van der Waals surface area contributed by atoms with Gasteiger partial charge < -0.3 is 29.6 Å². The smallest absolute Gasteiger partial charge is 0.545 e. The fourth-order valence-electron chi connectivity index (χ4n) is 4.46. The molecule has 5 aromatic carbocycles. The van der Waals surface area contributed by atoms with E-state index in [4.69, 9.17) is 0 Å². The first-order valence-electron chi connectivity index (χ1n) is 13.5. The van der Waals surface area contributed by atoms with Crippen molar-refractivity contribution >= 4 is 5.97 Å². The van der Waals surface area contributed by atoms with E-state index in [9.17, 15) is 88.9 Å². The molecule has 304 valence electrons. The van der Waals surface area contributed by atoms with Crippen LogP contribution in [0.3, 0.4) is 0 Å². The zero-order valence-corrected chi connectivity index (χ0v) is 26.7. The average Bonchev–Trinajstić information content (AvgIpc) is 3.17. The number of carbonyl (C=O) groups is 1. The predicted molar refractivity (Wildman–Crippen MR) is 139 cm³/mol. The van der Waals surface area contributed by atoms with E-state index in [2.05, 4.69) is 14.2 Å². The van der Waals surface area contributed by atoms with Gasteiger partial charge in [0.2, 0.25) is 116 Å². The molecule has 27 heteroatoms. The molecular weight excluding hydrogens is 855 g/mol. The van der Waals surface area contributed by atoms with Crippen LogP contribution in [0.15, 0.2) is 6.07 Å². The standard InChI is InChI=1S/C31H2F20O5.Li.H2O/c32-6-5(7(33)9(35)10(36)8(6)34)4-2(31(52)53)1-3(54-28-20(46)14(40)11(37)15(41)21(28)47)26(55-29-22(48)16(42)12(38)17(43)23(29)49)27(4)56-30-24(50)18(44)13(39)19(45)25(30)51;;/h1H,(H,52,53);;1H2/q;+1;/p-1. The van der Waals surface area contributed by atoms with Gasteiger partial charge in [-0.05, 0) is 6.07 Å². The summed E-state index contributed by atoms with van der Waals surface area (Å²) in [7, 11) is 0. The van der Waals surface area contributed by atoms with Crippen LogP contribution in [0.2, 0.25) is 0 Å². The Morgan fingerprint density at radius 3 is 0.879 bits per heavy atom. The first-order valence-corrected chi connectivity index (χ1v) is 13.5. The van der Waals surface area contributed by atoms with E-state index in [1.165, 1.54) is 0 Å². The maximum Gasteiger partial charge on any atom is 1.00 e. The Bertz CT molecular complexity index is 2450. The third kappa shape index (κ3) is 7.14. The van der Waals surface area contributed by atoms with Crippen LogP contribution in [0.5, 0.6) is 34.5 Å². The van der Waals surface area contributed by atoms with Gasteiger partial charge in [0.05, 0.1) is 11.5 Å². The molecule has 0 saturated carbocycles. The van der Waals surface area contributed by atoms with Crippen molar-refractivity contribution in [2.45, 2.75) is 0 Å². The number of benzene rings is 5. The van der Waals surface area contributed by atoms with Crippen LogP contribution in [0.25, 0.3) is 11.1 Å². The molecule has 0 aliphatic carbocycles. The fraction of sp³-hybridized carbons (Fsp3) is 0. The van der Waals surface area contributed by atoms with E-state index in [1.54, 1.807) is 0 Å². The van der Waals surface area contributed by atoms with Crippen LogP contribution in [0.1, 0.15) is 10.4 Å². The Morgan fingerprint density at radius 1 is 0.345 bits per heavy atom. The molecule has 6 nitrogen and oxygen atoms in total. The molecule has 0 aliphatic heterocycles. The number of hydrogen-bond acceptors (Lipinski definition) is 5. The van der Waals surface area contributed by atoms with Crippen LogP contribution in [-0.4, -0.2) is 11.4 Å². The van der Waals surface area contributed by atoms with Gasteiger partial charge >= 0.3 is 18.9 Å². The minimum Gasteiger partial charge on any atom is -0.545 e. The van der Waals surface area contributed by atoms with E-state index in [1.807, 2.05) is 0 Å². The van der Waals surface area contributed by atoms with Crippen molar-refractivity contribution in [3.05, 3.63) is 128 Å². The Labute approximate surface area is 315 Å². The van der Waals surface area contributed by atoms with Gasteiger partial charge in [0.15, 0.2) is 34.8 Å². The molecule has 0 aliphatic rings. The van der Waals surface area contributed by atoms with E-state index in [0.717, 1.165) is 0 Å². The number of halogens is 20. The summed E-state index contributed by atoms with van der Waals surface area (Å²) in [5.74, 6) is -81.2. The number of aromatic carboxylic acids is 1. The van der Waals surface area contributed by atoms with Crippen molar-refractivity contribution < 1.29 is 136 Å². The number of rotatable bonds is 8. The molecule has 2 N–H and O–H groups in total. The molecule has 0 spiro atoms. The van der Waals surface area contributed by atoms with Gasteiger partial charge in [0.25, 0.3) is 0 Å². The van der Waals surface area contributed by atoms with Crippen LogP contribution in [0, 0.1) is 116 Å². The summed E-state index contributed by atoms with van der Waals surface area (Å²) in [6, 6.07) is -0.659. The molecule has 0 heterocycles. The van der Waals surface area contributed by atoms with Gasteiger partial charge in [-0.3, -0.25) is 0 Å². The molecule has 0 unspecified atom stereocenters. The van der Waals surface area contributed by atoms with Gasteiger partial charge in [0, 0.05) is 11.1 Å². The molecule has 0 fully saturated rings. The quantitative estimate of drug-likeness (QED) is 0.0820. The summed E-state index contributed by atoms with van der Waals surface area (Å²) in [6.45, 7) is 0. The number of carbonyl (C=O) groups excluding carboxylic acids is 1. The van der Waals surface area contributed by atoms with Crippen molar-refractivity contribution in [1.29, 1.82) is 0 Å². The number of carboxylic acid groups (broad SMARTS) is 1. The van der Waals surface area contributed by atoms with Crippen molar-refractivity contribution in [1.82, 2.24) is 0 Å². The zero-order valence-electron chi connectivity index (χ0n) is 26.7. The second kappa shape index (κ2) is 16.5. The second-order valence-corrected chi connectivity index (χ2v) is 10.2. The summed E-state index contributed by atoms with van der Waals surface area (Å²) >= 11 is 0. The Kier molecular flexibility index (Phi) is 13.3. The summed E-state index contributed by atoms with van der Waals surface area (Å²) < 4.78 is 302. The second-order valence-electron chi connectivity index (χ2n) is 10.2. The monoisotopic (exact) mass is 858 g/mol. The Balaban J connectivity index is 0.00000450. The molecule has 0 radical (unpaired) electrons. The topological polar surface area (TPSA) is 99.3 Å². The van der Waals surface area contributed by atoms with Crippen LogP contribution >= 0.6 is 0 Å². The minimum absolute atomic E-state index is 0. The van der Waals surface area contributed by atoms with Gasteiger partial charge in [-0.15, -0.1) is 0 Å². The summed E-state index contributed by atoms with van der Waals surface area (Å²) in [5, 5.41) is 12.3. The van der Waals surface area contributed by atoms with E-state index in [0.29, 0.717) is 0 Å². The average molecular weight is 858 g/mol. The van der Waals surface area contributed by atoms with Crippen LogP contribution < -0.4 is 38.2 Å². The molecule has 0 aromatic heterocycles. The molecule has 0 bridgehead atoms. The SMILES string of the molecule is O.O=C([O-])c1cc(Oc2c(F)c(F)c(F)c(F)c2F)c(Oc2c(F)c(F)c(F)c(F)c2F)c(Oc2c(F)c(F)c(F)c(F)c2F)c1-c1c(F)c(F)c(F)c(F)c1F.[Li+]. The molecule has 5 rings (SSSR count). The molecule has 0 atom stereocenters. The van der Waals surface area contributed by atoms with Crippen LogP contribution in [-0.2, 0) is 0 Å². The Morgan fingerprint density at radius 2 is 0.586 bits per heavy atom. The predicted octanol–water partition coefficient (Wildman–Crippen LogP) is 6.06. The Hall–Kier alpha value is -5.87. The van der Waals surface area contributed by atoms with Crippen molar-refractivity contribution in [2.75, 3.05) is 0 Å². The van der Waals surface area contributed by atoms with Gasteiger partial charge in [-0.25, -0.2) is 61.5 Å². The molecule has 58 heavy (non-hydrogen) atoms. The maximum absolute atomic E-state index is 15.2.